The molecule has 4 nitrogen and oxygen atoms in total. The first-order valence-electron chi connectivity index (χ1n) is 9.65. The first-order chi connectivity index (χ1) is 13.5. The lowest BCUT2D eigenvalue weighted by Crippen LogP contribution is -2.48. The maximum atomic E-state index is 13.1. The topological polar surface area (TPSA) is 49.4 Å². The van der Waals surface area contributed by atoms with Crippen LogP contribution in [-0.4, -0.2) is 35.6 Å². The number of hydrogen-bond donors (Lipinski definition) is 1. The van der Waals surface area contributed by atoms with Gasteiger partial charge in [-0.15, -0.1) is 11.8 Å². The number of hydrogen-bond acceptors (Lipinski definition) is 3. The molecule has 0 spiro atoms. The minimum Gasteiger partial charge on any atom is -0.357 e. The summed E-state index contributed by atoms with van der Waals surface area (Å²) >= 11 is 1.60. The Bertz CT molecular complexity index is 807. The second-order valence-electron chi connectivity index (χ2n) is 6.91. The summed E-state index contributed by atoms with van der Waals surface area (Å²) in [6.45, 7) is 6.51. The van der Waals surface area contributed by atoms with E-state index in [-0.39, 0.29) is 11.8 Å². The van der Waals surface area contributed by atoms with Gasteiger partial charge in [0.2, 0.25) is 11.8 Å². The van der Waals surface area contributed by atoms with Crippen molar-refractivity contribution in [2.45, 2.75) is 45.5 Å². The van der Waals surface area contributed by atoms with Gasteiger partial charge in [0.1, 0.15) is 6.04 Å². The third kappa shape index (κ3) is 5.86. The highest BCUT2D eigenvalue weighted by Crippen LogP contribution is 2.20. The number of nitrogens with zero attached hydrogens (tertiary/aromatic N) is 1. The molecule has 0 aliphatic carbocycles. The number of likely N-dealkylation sites (N-methyl/N-ethyl adjacent to an activating group) is 1. The van der Waals surface area contributed by atoms with Crippen LogP contribution >= 0.6 is 11.8 Å². The van der Waals surface area contributed by atoms with Gasteiger partial charge in [-0.3, -0.25) is 9.59 Å². The summed E-state index contributed by atoms with van der Waals surface area (Å²) in [5, 5.41) is 2.70. The zero-order valence-corrected chi connectivity index (χ0v) is 18.0. The van der Waals surface area contributed by atoms with Crippen LogP contribution in [0.3, 0.4) is 0 Å². The summed E-state index contributed by atoms with van der Waals surface area (Å²) in [5.74, 6) is 1.02. The lowest BCUT2D eigenvalue weighted by molar-refractivity contribution is -0.139. The zero-order valence-electron chi connectivity index (χ0n) is 17.2. The molecule has 28 heavy (non-hydrogen) atoms. The van der Waals surface area contributed by atoms with Gasteiger partial charge in [-0.05, 0) is 42.5 Å². The number of rotatable bonds is 9. The first-order valence-corrected chi connectivity index (χ1v) is 10.8. The fraction of sp³-hybridized carbons (Fsp3) is 0.391. The van der Waals surface area contributed by atoms with E-state index in [4.69, 9.17) is 0 Å². The monoisotopic (exact) mass is 398 g/mol. The van der Waals surface area contributed by atoms with Gasteiger partial charge < -0.3 is 10.2 Å². The maximum Gasteiger partial charge on any atom is 0.242 e. The molecule has 0 saturated heterocycles. The zero-order chi connectivity index (χ0) is 20.5. The predicted octanol–water partition coefficient (Wildman–Crippen LogP) is 4.09. The quantitative estimate of drug-likeness (QED) is 0.692. The van der Waals surface area contributed by atoms with Gasteiger partial charge in [0, 0.05) is 19.3 Å². The number of thioether (sulfide) groups is 1. The van der Waals surface area contributed by atoms with E-state index < -0.39 is 6.04 Å². The largest absolute Gasteiger partial charge is 0.357 e. The Morgan fingerprint density at radius 1 is 1.00 bits per heavy atom. The summed E-state index contributed by atoms with van der Waals surface area (Å²) in [6, 6.07) is 15.8. The van der Waals surface area contributed by atoms with Gasteiger partial charge in [-0.2, -0.15) is 0 Å². The number of carbonyl (C=O) groups is 2. The highest BCUT2D eigenvalue weighted by atomic mass is 32.2. The third-order valence-corrected chi connectivity index (χ3v) is 5.94. The molecular formula is C23H30N2O2S. The van der Waals surface area contributed by atoms with Crippen molar-refractivity contribution in [2.24, 2.45) is 0 Å². The van der Waals surface area contributed by atoms with E-state index in [1.807, 2.05) is 50.2 Å². The van der Waals surface area contributed by atoms with Crippen LogP contribution in [0.15, 0.2) is 48.5 Å². The lowest BCUT2D eigenvalue weighted by Gasteiger charge is -2.30. The van der Waals surface area contributed by atoms with Crippen molar-refractivity contribution in [3.8, 4) is 0 Å². The molecule has 0 saturated carbocycles. The van der Waals surface area contributed by atoms with Gasteiger partial charge >= 0.3 is 0 Å². The first kappa shape index (κ1) is 22.0. The van der Waals surface area contributed by atoms with Crippen LogP contribution in [0.4, 0.5) is 0 Å². The fourth-order valence-electron chi connectivity index (χ4n) is 3.16. The van der Waals surface area contributed by atoms with Crippen molar-refractivity contribution in [2.75, 3.05) is 12.8 Å². The van der Waals surface area contributed by atoms with Gasteiger partial charge in [0.25, 0.3) is 0 Å². The number of carbonyl (C=O) groups excluding carboxylic acids is 2. The van der Waals surface area contributed by atoms with E-state index >= 15 is 0 Å². The minimum absolute atomic E-state index is 0.00251. The summed E-state index contributed by atoms with van der Waals surface area (Å²) in [5.41, 5.74) is 4.67. The van der Waals surface area contributed by atoms with Crippen LogP contribution in [0.2, 0.25) is 0 Å². The summed E-state index contributed by atoms with van der Waals surface area (Å²) in [4.78, 5) is 27.2. The van der Waals surface area contributed by atoms with Crippen LogP contribution < -0.4 is 5.32 Å². The smallest absolute Gasteiger partial charge is 0.242 e. The van der Waals surface area contributed by atoms with Crippen molar-refractivity contribution >= 4 is 23.6 Å². The highest BCUT2D eigenvalue weighted by Gasteiger charge is 2.28. The maximum absolute atomic E-state index is 13.1. The molecule has 0 heterocycles. The second-order valence-corrected chi connectivity index (χ2v) is 7.89. The van der Waals surface area contributed by atoms with Gasteiger partial charge in [-0.1, -0.05) is 55.5 Å². The van der Waals surface area contributed by atoms with Gasteiger partial charge in [-0.25, -0.2) is 0 Å². The average Bonchev–Trinajstić information content (AvgIpc) is 2.70. The Morgan fingerprint density at radius 3 is 2.11 bits per heavy atom. The van der Waals surface area contributed by atoms with Crippen molar-refractivity contribution < 1.29 is 9.59 Å². The van der Waals surface area contributed by atoms with Crippen LogP contribution in [0.25, 0.3) is 0 Å². The van der Waals surface area contributed by atoms with E-state index in [2.05, 4.69) is 24.4 Å². The Labute approximate surface area is 172 Å². The fourth-order valence-corrected chi connectivity index (χ4v) is 4.15. The van der Waals surface area contributed by atoms with Crippen molar-refractivity contribution in [1.82, 2.24) is 10.2 Å². The Balaban J connectivity index is 2.12. The van der Waals surface area contributed by atoms with E-state index in [0.717, 1.165) is 16.9 Å². The van der Waals surface area contributed by atoms with Crippen LogP contribution in [0, 0.1) is 13.8 Å². The standard InChI is InChI=1S/C23H30N2O2S/c1-5-21(23(27)24-4)25(14-19-12-8-6-10-17(19)2)22(26)16-28-15-20-13-9-7-11-18(20)3/h6-13,21H,5,14-16H2,1-4H3,(H,24,27)/t21-/m0/s1. The van der Waals surface area contributed by atoms with Gasteiger partial charge in [0.15, 0.2) is 0 Å². The van der Waals surface area contributed by atoms with Crippen molar-refractivity contribution in [1.29, 1.82) is 0 Å². The molecule has 0 fully saturated rings. The Hall–Kier alpha value is -2.27. The molecule has 150 valence electrons. The van der Waals surface area contributed by atoms with E-state index in [9.17, 15) is 9.59 Å². The second kappa shape index (κ2) is 10.9. The lowest BCUT2D eigenvalue weighted by atomic mass is 10.1. The molecule has 2 aromatic carbocycles. The molecule has 0 radical (unpaired) electrons. The van der Waals surface area contributed by atoms with E-state index in [0.29, 0.717) is 18.7 Å². The Morgan fingerprint density at radius 2 is 1.57 bits per heavy atom. The Kier molecular flexibility index (Phi) is 8.58. The molecule has 1 N–H and O–H groups in total. The molecule has 0 aliphatic rings. The molecule has 2 aromatic rings. The summed E-state index contributed by atoms with van der Waals surface area (Å²) < 4.78 is 0. The predicted molar refractivity (Wildman–Crippen MR) is 117 cm³/mol. The molecule has 0 aromatic heterocycles. The number of benzene rings is 2. The summed E-state index contributed by atoms with van der Waals surface area (Å²) in [7, 11) is 1.62. The number of amides is 2. The molecule has 0 bridgehead atoms. The average molecular weight is 399 g/mol. The normalized spacial score (nSPS) is 11.7. The van der Waals surface area contributed by atoms with Crippen molar-refractivity contribution in [3.05, 3.63) is 70.8 Å². The van der Waals surface area contributed by atoms with Crippen molar-refractivity contribution in [3.63, 3.8) is 0 Å². The molecule has 0 aliphatic heterocycles. The van der Waals surface area contributed by atoms with E-state index in [1.165, 1.54) is 11.1 Å². The minimum atomic E-state index is -0.462. The molecule has 2 amide bonds. The van der Waals surface area contributed by atoms with Crippen LogP contribution in [-0.2, 0) is 21.9 Å². The molecular weight excluding hydrogens is 368 g/mol. The van der Waals surface area contributed by atoms with E-state index in [1.54, 1.807) is 23.7 Å². The third-order valence-electron chi connectivity index (χ3n) is 4.98. The van der Waals surface area contributed by atoms with Crippen LogP contribution in [0.5, 0.6) is 0 Å². The van der Waals surface area contributed by atoms with Crippen LogP contribution in [0.1, 0.15) is 35.6 Å². The number of nitrogens with one attached hydrogen (secondary N) is 1. The number of aryl methyl sites for hydroxylation is 2. The molecule has 2 rings (SSSR count). The highest BCUT2D eigenvalue weighted by molar-refractivity contribution is 7.99. The molecule has 0 unspecified atom stereocenters. The molecule has 1 atom stereocenters. The van der Waals surface area contributed by atoms with Gasteiger partial charge in [0.05, 0.1) is 5.75 Å². The molecule has 5 heteroatoms. The SMILES string of the molecule is CC[C@@H](C(=O)NC)N(Cc1ccccc1C)C(=O)CSCc1ccccc1C. The summed E-state index contributed by atoms with van der Waals surface area (Å²) in [6.07, 6.45) is 0.583.